The number of halogens is 1. The average molecular weight is 370 g/mol. The quantitative estimate of drug-likeness (QED) is 0.703. The third-order valence-corrected chi connectivity index (χ3v) is 5.07. The summed E-state index contributed by atoms with van der Waals surface area (Å²) in [5.74, 6) is 0.610. The topological polar surface area (TPSA) is 47.4 Å². The Bertz CT molecular complexity index is 916. The van der Waals surface area contributed by atoms with Gasteiger partial charge in [-0.05, 0) is 29.7 Å². The molecule has 0 bridgehead atoms. The molecule has 3 heterocycles. The van der Waals surface area contributed by atoms with Crippen molar-refractivity contribution in [3.63, 3.8) is 0 Å². The summed E-state index contributed by atoms with van der Waals surface area (Å²) in [4.78, 5) is 18.7. The summed E-state index contributed by atoms with van der Waals surface area (Å²) >= 11 is 6.10. The van der Waals surface area contributed by atoms with Gasteiger partial charge in [0.2, 0.25) is 11.8 Å². The Balaban J connectivity index is 1.34. The van der Waals surface area contributed by atoms with Gasteiger partial charge in [-0.2, -0.15) is 0 Å². The largest absolute Gasteiger partial charge is 0.473 e. The van der Waals surface area contributed by atoms with Crippen LogP contribution in [-0.2, 0) is 11.3 Å². The number of pyridine rings is 1. The van der Waals surface area contributed by atoms with Gasteiger partial charge in [-0.1, -0.05) is 29.8 Å². The molecule has 0 radical (unpaired) electrons. The Morgan fingerprint density at radius 3 is 2.77 bits per heavy atom. The van der Waals surface area contributed by atoms with Crippen LogP contribution in [0.5, 0.6) is 5.88 Å². The molecular formula is C20H20ClN3O2. The van der Waals surface area contributed by atoms with Crippen molar-refractivity contribution in [2.75, 3.05) is 13.1 Å². The number of hydrogen-bond acceptors (Lipinski definition) is 3. The molecule has 0 N–H and O–H groups in total. The normalized spacial score (nSPS) is 15.3. The number of likely N-dealkylation sites (tertiary alicyclic amines) is 1. The Morgan fingerprint density at radius 1 is 1.15 bits per heavy atom. The minimum absolute atomic E-state index is 0.0406. The molecule has 1 fully saturated rings. The second-order valence-electron chi connectivity index (χ2n) is 6.49. The van der Waals surface area contributed by atoms with E-state index in [9.17, 15) is 4.79 Å². The molecule has 134 valence electrons. The van der Waals surface area contributed by atoms with Gasteiger partial charge in [0.15, 0.2) is 0 Å². The number of carbonyl (C=O) groups excluding carboxylic acids is 1. The highest BCUT2D eigenvalue weighted by Gasteiger charge is 2.25. The molecule has 4 rings (SSSR count). The van der Waals surface area contributed by atoms with Gasteiger partial charge in [-0.3, -0.25) is 4.79 Å². The lowest BCUT2D eigenvalue weighted by molar-refractivity contribution is -0.133. The van der Waals surface area contributed by atoms with Crippen LogP contribution in [0.25, 0.3) is 10.9 Å². The number of piperidine rings is 1. The van der Waals surface area contributed by atoms with Crippen molar-refractivity contribution in [1.29, 1.82) is 0 Å². The van der Waals surface area contributed by atoms with Gasteiger partial charge in [0.1, 0.15) is 17.7 Å². The van der Waals surface area contributed by atoms with E-state index >= 15 is 0 Å². The van der Waals surface area contributed by atoms with Gasteiger partial charge in [-0.25, -0.2) is 4.98 Å². The van der Waals surface area contributed by atoms with Crippen molar-refractivity contribution in [1.82, 2.24) is 14.5 Å². The molecule has 2 aromatic heterocycles. The number of hydrogen-bond donors (Lipinski definition) is 0. The maximum Gasteiger partial charge on any atom is 0.242 e. The average Bonchev–Trinajstić information content (AvgIpc) is 3.07. The van der Waals surface area contributed by atoms with Crippen LogP contribution in [0.3, 0.4) is 0 Å². The summed E-state index contributed by atoms with van der Waals surface area (Å²) in [6, 6.07) is 13.7. The number of benzene rings is 1. The fourth-order valence-electron chi connectivity index (χ4n) is 3.36. The van der Waals surface area contributed by atoms with Crippen LogP contribution < -0.4 is 4.74 Å². The van der Waals surface area contributed by atoms with E-state index in [1.807, 2.05) is 39.9 Å². The van der Waals surface area contributed by atoms with Crippen LogP contribution in [0, 0.1) is 0 Å². The molecule has 0 saturated carbocycles. The predicted octanol–water partition coefficient (Wildman–Crippen LogP) is 3.76. The second-order valence-corrected chi connectivity index (χ2v) is 6.90. The monoisotopic (exact) mass is 369 g/mol. The molecule has 1 aromatic carbocycles. The highest BCUT2D eigenvalue weighted by molar-refractivity contribution is 6.31. The fourth-order valence-corrected chi connectivity index (χ4v) is 3.53. The third kappa shape index (κ3) is 3.53. The van der Waals surface area contributed by atoms with Crippen LogP contribution >= 0.6 is 11.6 Å². The lowest BCUT2D eigenvalue weighted by Gasteiger charge is -2.32. The minimum atomic E-state index is 0.0406. The van der Waals surface area contributed by atoms with Gasteiger partial charge >= 0.3 is 0 Å². The van der Waals surface area contributed by atoms with Crippen LogP contribution in [0.2, 0.25) is 5.02 Å². The van der Waals surface area contributed by atoms with Crippen molar-refractivity contribution in [2.45, 2.75) is 25.5 Å². The minimum Gasteiger partial charge on any atom is -0.473 e. The van der Waals surface area contributed by atoms with Gasteiger partial charge < -0.3 is 14.2 Å². The summed E-state index contributed by atoms with van der Waals surface area (Å²) in [6.07, 6.45) is 5.25. The van der Waals surface area contributed by atoms with Gasteiger partial charge in [0, 0.05) is 43.8 Å². The van der Waals surface area contributed by atoms with E-state index in [0.717, 1.165) is 23.7 Å². The third-order valence-electron chi connectivity index (χ3n) is 4.78. The number of aromatic nitrogens is 2. The Hall–Kier alpha value is -2.53. The second kappa shape index (κ2) is 7.38. The Morgan fingerprint density at radius 2 is 1.96 bits per heavy atom. The molecule has 1 aliphatic rings. The maximum absolute atomic E-state index is 12.7. The standard InChI is InChI=1S/C20H20ClN3O2/c21-17-5-3-10-22-20(17)26-16-8-12-23(13-9-16)19(25)14-24-11-7-15-4-1-2-6-18(15)24/h1-7,10-11,16H,8-9,12-14H2. The number of nitrogens with zero attached hydrogens (tertiary/aromatic N) is 3. The number of rotatable bonds is 4. The molecule has 1 amide bonds. The molecule has 5 nitrogen and oxygen atoms in total. The van der Waals surface area contributed by atoms with Crippen molar-refractivity contribution in [2.24, 2.45) is 0 Å². The van der Waals surface area contributed by atoms with Crippen LogP contribution in [0.1, 0.15) is 12.8 Å². The van der Waals surface area contributed by atoms with Gasteiger partial charge in [0.25, 0.3) is 0 Å². The van der Waals surface area contributed by atoms with Gasteiger partial charge in [0.05, 0.1) is 0 Å². The van der Waals surface area contributed by atoms with E-state index in [1.165, 1.54) is 0 Å². The Kier molecular flexibility index (Phi) is 4.80. The van der Waals surface area contributed by atoms with Crippen molar-refractivity contribution >= 4 is 28.4 Å². The molecule has 0 spiro atoms. The number of amides is 1. The summed E-state index contributed by atoms with van der Waals surface area (Å²) in [7, 11) is 0. The first kappa shape index (κ1) is 16.9. The summed E-state index contributed by atoms with van der Waals surface area (Å²) in [5.41, 5.74) is 1.09. The fraction of sp³-hybridized carbons (Fsp3) is 0.300. The molecule has 1 saturated heterocycles. The summed E-state index contributed by atoms with van der Waals surface area (Å²) in [6.45, 7) is 1.74. The molecule has 0 atom stereocenters. The molecule has 0 unspecified atom stereocenters. The first-order chi connectivity index (χ1) is 12.7. The first-order valence-corrected chi connectivity index (χ1v) is 9.17. The lowest BCUT2D eigenvalue weighted by atomic mass is 10.1. The van der Waals surface area contributed by atoms with Crippen molar-refractivity contribution < 1.29 is 9.53 Å². The van der Waals surface area contributed by atoms with Crippen LogP contribution in [0.4, 0.5) is 0 Å². The molecular weight excluding hydrogens is 350 g/mol. The zero-order valence-electron chi connectivity index (χ0n) is 14.3. The molecule has 3 aromatic rings. The van der Waals surface area contributed by atoms with E-state index in [1.54, 1.807) is 18.3 Å². The summed E-state index contributed by atoms with van der Waals surface area (Å²) in [5, 5.41) is 1.67. The smallest absolute Gasteiger partial charge is 0.242 e. The number of fused-ring (bicyclic) bond motifs is 1. The number of carbonyl (C=O) groups is 1. The lowest BCUT2D eigenvalue weighted by Crippen LogP contribution is -2.43. The first-order valence-electron chi connectivity index (χ1n) is 8.79. The predicted molar refractivity (Wildman–Crippen MR) is 101 cm³/mol. The van der Waals surface area contributed by atoms with E-state index in [4.69, 9.17) is 16.3 Å². The van der Waals surface area contributed by atoms with Crippen LogP contribution in [-0.4, -0.2) is 39.6 Å². The van der Waals surface area contributed by atoms with Crippen molar-refractivity contribution in [3.05, 3.63) is 59.9 Å². The SMILES string of the molecule is O=C(Cn1ccc2ccccc21)N1CCC(Oc2ncccc2Cl)CC1. The van der Waals surface area contributed by atoms with Crippen molar-refractivity contribution in [3.8, 4) is 5.88 Å². The highest BCUT2D eigenvalue weighted by Crippen LogP contribution is 2.24. The molecule has 26 heavy (non-hydrogen) atoms. The van der Waals surface area contributed by atoms with E-state index in [2.05, 4.69) is 11.1 Å². The van der Waals surface area contributed by atoms with Gasteiger partial charge in [-0.15, -0.1) is 0 Å². The maximum atomic E-state index is 12.7. The zero-order valence-corrected chi connectivity index (χ0v) is 15.1. The highest BCUT2D eigenvalue weighted by atomic mass is 35.5. The summed E-state index contributed by atoms with van der Waals surface area (Å²) < 4.78 is 7.90. The Labute approximate surface area is 157 Å². The molecule has 0 aliphatic carbocycles. The van der Waals surface area contributed by atoms with E-state index < -0.39 is 0 Å². The van der Waals surface area contributed by atoms with Crippen LogP contribution in [0.15, 0.2) is 54.9 Å². The molecule has 1 aliphatic heterocycles. The molecule has 6 heteroatoms. The van der Waals surface area contributed by atoms with E-state index in [0.29, 0.717) is 30.5 Å². The number of ether oxygens (including phenoxy) is 1. The zero-order chi connectivity index (χ0) is 17.9. The number of para-hydroxylation sites is 1. The van der Waals surface area contributed by atoms with E-state index in [-0.39, 0.29) is 12.0 Å².